The first-order chi connectivity index (χ1) is 9.58. The van der Waals surface area contributed by atoms with Crippen molar-refractivity contribution in [2.75, 3.05) is 39.6 Å². The second kappa shape index (κ2) is 8.00. The van der Waals surface area contributed by atoms with Crippen LogP contribution in [0.25, 0.3) is 0 Å². The molecule has 0 aliphatic rings. The molecule has 1 aromatic carbocycles. The van der Waals surface area contributed by atoms with Crippen LogP contribution in [-0.2, 0) is 9.53 Å². The number of methoxy groups -OCH3 is 1. The fraction of sp³-hybridized carbons (Fsp3) is 0.385. The van der Waals surface area contributed by atoms with Crippen LogP contribution in [0.2, 0.25) is 0 Å². The van der Waals surface area contributed by atoms with Crippen LogP contribution >= 0.6 is 0 Å². The topological polar surface area (TPSA) is 103 Å². The Kier molecular flexibility index (Phi) is 6.31. The van der Waals surface area contributed by atoms with Gasteiger partial charge in [-0.1, -0.05) is 0 Å². The second-order valence-corrected chi connectivity index (χ2v) is 3.96. The molecule has 0 aliphatic carbocycles. The summed E-state index contributed by atoms with van der Waals surface area (Å²) in [6.07, 6.45) is 0. The van der Waals surface area contributed by atoms with E-state index in [1.807, 2.05) is 0 Å². The normalized spacial score (nSPS) is 9.90. The van der Waals surface area contributed by atoms with Crippen LogP contribution in [0.4, 0.5) is 5.69 Å². The van der Waals surface area contributed by atoms with Gasteiger partial charge in [-0.3, -0.25) is 9.59 Å². The van der Waals surface area contributed by atoms with Crippen molar-refractivity contribution in [3.8, 4) is 5.75 Å². The lowest BCUT2D eigenvalue weighted by molar-refractivity contribution is -0.123. The lowest BCUT2D eigenvalue weighted by Crippen LogP contribution is -2.31. The molecule has 7 nitrogen and oxygen atoms in total. The monoisotopic (exact) mass is 281 g/mol. The van der Waals surface area contributed by atoms with E-state index in [0.29, 0.717) is 30.2 Å². The van der Waals surface area contributed by atoms with Crippen molar-refractivity contribution in [1.82, 2.24) is 10.6 Å². The predicted octanol–water partition coefficient (Wildman–Crippen LogP) is -0.230. The van der Waals surface area contributed by atoms with Gasteiger partial charge in [0, 0.05) is 26.3 Å². The quantitative estimate of drug-likeness (QED) is 0.473. The number of benzene rings is 1. The van der Waals surface area contributed by atoms with E-state index in [1.54, 1.807) is 19.2 Å². The van der Waals surface area contributed by atoms with Gasteiger partial charge in [-0.15, -0.1) is 0 Å². The highest BCUT2D eigenvalue weighted by Crippen LogP contribution is 2.22. The van der Waals surface area contributed by atoms with E-state index in [9.17, 15) is 9.59 Å². The SMILES string of the molecule is CNC(=O)c1ccc(OCC(=O)NCCOC)c(N)c1. The molecule has 0 saturated heterocycles. The van der Waals surface area contributed by atoms with E-state index < -0.39 is 0 Å². The summed E-state index contributed by atoms with van der Waals surface area (Å²) in [4.78, 5) is 22.8. The van der Waals surface area contributed by atoms with E-state index in [1.165, 1.54) is 13.1 Å². The molecule has 7 heteroatoms. The van der Waals surface area contributed by atoms with E-state index in [0.717, 1.165) is 0 Å². The standard InChI is InChI=1S/C13H19N3O4/c1-15-13(18)9-3-4-11(10(14)7-9)20-8-12(17)16-5-6-19-2/h3-4,7H,5-6,8,14H2,1-2H3,(H,15,18)(H,16,17). The number of nitrogens with one attached hydrogen (secondary N) is 2. The van der Waals surface area contributed by atoms with E-state index >= 15 is 0 Å². The number of rotatable bonds is 7. The molecule has 20 heavy (non-hydrogen) atoms. The van der Waals surface area contributed by atoms with Crippen molar-refractivity contribution < 1.29 is 19.1 Å². The van der Waals surface area contributed by atoms with Crippen LogP contribution < -0.4 is 21.1 Å². The third-order valence-corrected chi connectivity index (χ3v) is 2.49. The van der Waals surface area contributed by atoms with E-state index in [-0.39, 0.29) is 18.4 Å². The Labute approximate surface area is 117 Å². The summed E-state index contributed by atoms with van der Waals surface area (Å²) in [7, 11) is 3.09. The van der Waals surface area contributed by atoms with Crippen molar-refractivity contribution in [3.63, 3.8) is 0 Å². The molecule has 1 aromatic rings. The summed E-state index contributed by atoms with van der Waals surface area (Å²) in [6.45, 7) is 0.714. The number of carbonyl (C=O) groups is 2. The van der Waals surface area contributed by atoms with Crippen molar-refractivity contribution in [1.29, 1.82) is 0 Å². The number of hydrogen-bond acceptors (Lipinski definition) is 5. The van der Waals surface area contributed by atoms with Crippen molar-refractivity contribution in [2.45, 2.75) is 0 Å². The maximum Gasteiger partial charge on any atom is 0.258 e. The number of anilines is 1. The molecule has 0 bridgehead atoms. The van der Waals surface area contributed by atoms with Crippen molar-refractivity contribution >= 4 is 17.5 Å². The second-order valence-electron chi connectivity index (χ2n) is 3.96. The average Bonchev–Trinajstić information content (AvgIpc) is 2.45. The Morgan fingerprint density at radius 1 is 1.35 bits per heavy atom. The molecular weight excluding hydrogens is 262 g/mol. The maximum atomic E-state index is 11.4. The van der Waals surface area contributed by atoms with Crippen LogP contribution in [0.15, 0.2) is 18.2 Å². The smallest absolute Gasteiger partial charge is 0.258 e. The minimum absolute atomic E-state index is 0.146. The zero-order valence-electron chi connectivity index (χ0n) is 11.6. The van der Waals surface area contributed by atoms with Gasteiger partial charge in [0.1, 0.15) is 5.75 Å². The minimum atomic E-state index is -0.267. The Balaban J connectivity index is 2.52. The molecule has 2 amide bonds. The number of ether oxygens (including phenoxy) is 2. The number of nitrogen functional groups attached to an aromatic ring is 1. The van der Waals surface area contributed by atoms with Gasteiger partial charge >= 0.3 is 0 Å². The van der Waals surface area contributed by atoms with Gasteiger partial charge in [0.15, 0.2) is 6.61 Å². The predicted molar refractivity (Wildman–Crippen MR) is 74.6 cm³/mol. The molecule has 0 fully saturated rings. The molecule has 0 saturated carbocycles. The molecular formula is C13H19N3O4. The number of amides is 2. The van der Waals surface area contributed by atoms with Crippen LogP contribution in [0.5, 0.6) is 5.75 Å². The summed E-state index contributed by atoms with van der Waals surface area (Å²) >= 11 is 0. The largest absolute Gasteiger partial charge is 0.482 e. The molecule has 110 valence electrons. The number of nitrogens with two attached hydrogens (primary N) is 1. The van der Waals surface area contributed by atoms with Gasteiger partial charge in [-0.25, -0.2) is 0 Å². The fourth-order valence-corrected chi connectivity index (χ4v) is 1.45. The molecule has 0 unspecified atom stereocenters. The highest BCUT2D eigenvalue weighted by atomic mass is 16.5. The van der Waals surface area contributed by atoms with Gasteiger partial charge in [-0.05, 0) is 18.2 Å². The number of carbonyl (C=O) groups excluding carboxylic acids is 2. The van der Waals surface area contributed by atoms with E-state index in [2.05, 4.69) is 10.6 Å². The minimum Gasteiger partial charge on any atom is -0.482 e. The van der Waals surface area contributed by atoms with Gasteiger partial charge in [0.2, 0.25) is 0 Å². The third kappa shape index (κ3) is 4.77. The Hall–Kier alpha value is -2.28. The highest BCUT2D eigenvalue weighted by Gasteiger charge is 2.08. The van der Waals surface area contributed by atoms with Crippen molar-refractivity contribution in [3.05, 3.63) is 23.8 Å². The molecule has 1 rings (SSSR count). The van der Waals surface area contributed by atoms with E-state index in [4.69, 9.17) is 15.2 Å². The number of hydrogen-bond donors (Lipinski definition) is 3. The summed E-state index contributed by atoms with van der Waals surface area (Å²) in [6, 6.07) is 4.63. The lowest BCUT2D eigenvalue weighted by Gasteiger charge is -2.10. The first-order valence-electron chi connectivity index (χ1n) is 6.08. The van der Waals surface area contributed by atoms with Gasteiger partial charge < -0.3 is 25.8 Å². The molecule has 0 spiro atoms. The van der Waals surface area contributed by atoms with Gasteiger partial charge in [0.05, 0.1) is 12.3 Å². The highest BCUT2D eigenvalue weighted by molar-refractivity contribution is 5.95. The summed E-state index contributed by atoms with van der Waals surface area (Å²) < 4.78 is 10.1. The van der Waals surface area contributed by atoms with Crippen LogP contribution in [0.1, 0.15) is 10.4 Å². The lowest BCUT2D eigenvalue weighted by atomic mass is 10.2. The van der Waals surface area contributed by atoms with Crippen LogP contribution in [0.3, 0.4) is 0 Å². The third-order valence-electron chi connectivity index (χ3n) is 2.49. The molecule has 0 aromatic heterocycles. The first-order valence-corrected chi connectivity index (χ1v) is 6.08. The Morgan fingerprint density at radius 3 is 2.70 bits per heavy atom. The molecule has 0 heterocycles. The summed E-state index contributed by atoms with van der Waals surface area (Å²) in [5.41, 5.74) is 6.50. The Morgan fingerprint density at radius 2 is 2.10 bits per heavy atom. The zero-order valence-corrected chi connectivity index (χ0v) is 11.6. The molecule has 0 aliphatic heterocycles. The van der Waals surface area contributed by atoms with Gasteiger partial charge in [-0.2, -0.15) is 0 Å². The average molecular weight is 281 g/mol. The maximum absolute atomic E-state index is 11.4. The molecule has 0 atom stereocenters. The molecule has 0 radical (unpaired) electrons. The van der Waals surface area contributed by atoms with Crippen molar-refractivity contribution in [2.24, 2.45) is 0 Å². The molecule has 4 N–H and O–H groups in total. The van der Waals surface area contributed by atoms with Crippen LogP contribution in [0, 0.1) is 0 Å². The van der Waals surface area contributed by atoms with Crippen LogP contribution in [-0.4, -0.2) is 45.7 Å². The summed E-state index contributed by atoms with van der Waals surface area (Å²) in [5.74, 6) is -0.142. The Bertz CT molecular complexity index is 477. The fourth-order valence-electron chi connectivity index (χ4n) is 1.45. The zero-order chi connectivity index (χ0) is 15.0. The first kappa shape index (κ1) is 15.8. The van der Waals surface area contributed by atoms with Gasteiger partial charge in [0.25, 0.3) is 11.8 Å². The summed E-state index contributed by atoms with van der Waals surface area (Å²) in [5, 5.41) is 5.11.